The molecule has 146 valence electrons. The van der Waals surface area contributed by atoms with Gasteiger partial charge in [-0.15, -0.1) is 0 Å². The standard InChI is InChI=1S/C20H33ClN4O/c1-5-22-19(24-13-20(4)14-26-15-20)23-12-18(25(6-2)7-3)16-10-8-9-11-17(16)21/h8-11,18H,5-7,12-15H2,1-4H3,(H2,22,23,24). The zero-order chi connectivity index (χ0) is 19.0. The highest BCUT2D eigenvalue weighted by molar-refractivity contribution is 6.31. The van der Waals surface area contributed by atoms with E-state index >= 15 is 0 Å². The van der Waals surface area contributed by atoms with Crippen molar-refractivity contribution >= 4 is 17.6 Å². The molecule has 1 aliphatic rings. The van der Waals surface area contributed by atoms with E-state index in [1.54, 1.807) is 0 Å². The summed E-state index contributed by atoms with van der Waals surface area (Å²) in [5.74, 6) is 0.852. The molecule has 26 heavy (non-hydrogen) atoms. The third-order valence-electron chi connectivity index (χ3n) is 4.84. The van der Waals surface area contributed by atoms with Gasteiger partial charge in [0.25, 0.3) is 0 Å². The first-order valence-corrected chi connectivity index (χ1v) is 9.99. The Morgan fingerprint density at radius 1 is 1.23 bits per heavy atom. The van der Waals surface area contributed by atoms with E-state index in [0.717, 1.165) is 62.5 Å². The second-order valence-corrected chi connectivity index (χ2v) is 7.55. The van der Waals surface area contributed by atoms with Gasteiger partial charge in [0.05, 0.1) is 25.8 Å². The van der Waals surface area contributed by atoms with Crippen molar-refractivity contribution in [3.05, 3.63) is 34.9 Å². The number of likely N-dealkylation sites (N-methyl/N-ethyl adjacent to an activating group) is 1. The fraction of sp³-hybridized carbons (Fsp3) is 0.650. The molecule has 1 heterocycles. The molecule has 0 amide bonds. The molecule has 1 fully saturated rings. The maximum Gasteiger partial charge on any atom is 0.191 e. The first-order chi connectivity index (χ1) is 12.5. The van der Waals surface area contributed by atoms with Crippen LogP contribution in [0.2, 0.25) is 5.02 Å². The van der Waals surface area contributed by atoms with Crippen LogP contribution in [0, 0.1) is 5.41 Å². The molecule has 0 aromatic heterocycles. The number of guanidine groups is 1. The van der Waals surface area contributed by atoms with Gasteiger partial charge in [-0.3, -0.25) is 9.89 Å². The molecule has 2 N–H and O–H groups in total. The van der Waals surface area contributed by atoms with Crippen molar-refractivity contribution in [2.24, 2.45) is 10.4 Å². The lowest BCUT2D eigenvalue weighted by atomic mass is 9.89. The fourth-order valence-electron chi connectivity index (χ4n) is 3.19. The largest absolute Gasteiger partial charge is 0.380 e. The molecule has 1 aromatic carbocycles. The minimum Gasteiger partial charge on any atom is -0.380 e. The highest BCUT2D eigenvalue weighted by Crippen LogP contribution is 2.28. The van der Waals surface area contributed by atoms with E-state index in [2.05, 4.69) is 55.4 Å². The fourth-order valence-corrected chi connectivity index (χ4v) is 3.45. The summed E-state index contributed by atoms with van der Waals surface area (Å²) in [6.45, 7) is 14.5. The van der Waals surface area contributed by atoms with Crippen LogP contribution in [-0.2, 0) is 4.74 Å². The lowest BCUT2D eigenvalue weighted by molar-refractivity contribution is -0.0945. The first-order valence-electron chi connectivity index (χ1n) is 9.61. The van der Waals surface area contributed by atoms with Crippen LogP contribution in [0.25, 0.3) is 0 Å². The molecular formula is C20H33ClN4O. The van der Waals surface area contributed by atoms with Crippen molar-refractivity contribution in [1.29, 1.82) is 0 Å². The summed E-state index contributed by atoms with van der Waals surface area (Å²) in [7, 11) is 0. The Labute approximate surface area is 163 Å². The van der Waals surface area contributed by atoms with Crippen molar-refractivity contribution in [3.8, 4) is 0 Å². The van der Waals surface area contributed by atoms with Crippen LogP contribution >= 0.6 is 11.6 Å². The minimum atomic E-state index is 0.170. The van der Waals surface area contributed by atoms with Gasteiger partial charge in [-0.2, -0.15) is 0 Å². The zero-order valence-corrected chi connectivity index (χ0v) is 17.3. The van der Waals surface area contributed by atoms with Crippen LogP contribution in [0.15, 0.2) is 29.3 Å². The van der Waals surface area contributed by atoms with Crippen molar-refractivity contribution in [2.75, 3.05) is 45.9 Å². The molecule has 1 aromatic rings. The molecule has 0 spiro atoms. The zero-order valence-electron chi connectivity index (χ0n) is 16.5. The number of rotatable bonds is 9. The number of nitrogens with one attached hydrogen (secondary N) is 2. The smallest absolute Gasteiger partial charge is 0.191 e. The van der Waals surface area contributed by atoms with Gasteiger partial charge in [0.2, 0.25) is 0 Å². The van der Waals surface area contributed by atoms with E-state index in [4.69, 9.17) is 21.3 Å². The van der Waals surface area contributed by atoms with E-state index in [1.165, 1.54) is 0 Å². The van der Waals surface area contributed by atoms with E-state index in [0.29, 0.717) is 0 Å². The van der Waals surface area contributed by atoms with Gasteiger partial charge in [-0.1, -0.05) is 50.6 Å². The Hall–Kier alpha value is -1.30. The van der Waals surface area contributed by atoms with Gasteiger partial charge in [0, 0.05) is 23.5 Å². The summed E-state index contributed by atoms with van der Waals surface area (Å²) >= 11 is 6.49. The lowest BCUT2D eigenvalue weighted by Gasteiger charge is -2.36. The molecule has 2 rings (SSSR count). The molecule has 1 aliphatic heterocycles. The third-order valence-corrected chi connectivity index (χ3v) is 5.19. The molecular weight excluding hydrogens is 348 g/mol. The van der Waals surface area contributed by atoms with Gasteiger partial charge in [-0.25, -0.2) is 0 Å². The number of halogens is 1. The monoisotopic (exact) mass is 380 g/mol. The summed E-state index contributed by atoms with van der Waals surface area (Å²) < 4.78 is 5.33. The lowest BCUT2D eigenvalue weighted by Crippen LogP contribution is -2.46. The van der Waals surface area contributed by atoms with Crippen LogP contribution < -0.4 is 10.6 Å². The minimum absolute atomic E-state index is 0.170. The maximum atomic E-state index is 6.49. The summed E-state index contributed by atoms with van der Waals surface area (Å²) in [5.41, 5.74) is 1.32. The predicted octanol–water partition coefficient (Wildman–Crippen LogP) is 3.31. The van der Waals surface area contributed by atoms with Gasteiger partial charge in [0.1, 0.15) is 0 Å². The Balaban J connectivity index is 2.10. The van der Waals surface area contributed by atoms with Crippen molar-refractivity contribution in [1.82, 2.24) is 15.5 Å². The molecule has 1 saturated heterocycles. The molecule has 0 radical (unpaired) electrons. The summed E-state index contributed by atoms with van der Waals surface area (Å²) in [6, 6.07) is 8.30. The van der Waals surface area contributed by atoms with Crippen LogP contribution in [0.5, 0.6) is 0 Å². The Bertz CT molecular complexity index is 585. The number of ether oxygens (including phenoxy) is 1. The maximum absolute atomic E-state index is 6.49. The molecule has 1 unspecified atom stereocenters. The molecule has 6 heteroatoms. The van der Waals surface area contributed by atoms with E-state index in [-0.39, 0.29) is 11.5 Å². The average molecular weight is 381 g/mol. The van der Waals surface area contributed by atoms with Crippen molar-refractivity contribution in [3.63, 3.8) is 0 Å². The normalized spacial score (nSPS) is 17.7. The average Bonchev–Trinajstić information content (AvgIpc) is 2.62. The van der Waals surface area contributed by atoms with E-state index in [1.807, 2.05) is 12.1 Å². The summed E-state index contributed by atoms with van der Waals surface area (Å²) in [6.07, 6.45) is 0. The SMILES string of the molecule is CCNC(=NCC1(C)COC1)NCC(c1ccccc1Cl)N(CC)CC. The predicted molar refractivity (Wildman–Crippen MR) is 110 cm³/mol. The van der Waals surface area contributed by atoms with Gasteiger partial charge >= 0.3 is 0 Å². The molecule has 1 atom stereocenters. The Morgan fingerprint density at radius 2 is 1.92 bits per heavy atom. The van der Waals surface area contributed by atoms with Gasteiger partial charge in [0.15, 0.2) is 5.96 Å². The van der Waals surface area contributed by atoms with Crippen LogP contribution in [0.1, 0.15) is 39.3 Å². The van der Waals surface area contributed by atoms with Crippen LogP contribution in [0.3, 0.4) is 0 Å². The van der Waals surface area contributed by atoms with Gasteiger partial charge in [-0.05, 0) is 31.6 Å². The van der Waals surface area contributed by atoms with Crippen LogP contribution in [0.4, 0.5) is 0 Å². The molecule has 0 bridgehead atoms. The third kappa shape index (κ3) is 5.60. The van der Waals surface area contributed by atoms with Crippen molar-refractivity contribution in [2.45, 2.75) is 33.7 Å². The second kappa shape index (κ2) is 10.1. The highest BCUT2D eigenvalue weighted by Gasteiger charge is 2.33. The second-order valence-electron chi connectivity index (χ2n) is 7.14. The summed E-state index contributed by atoms with van der Waals surface area (Å²) in [5, 5.41) is 7.67. The number of hydrogen-bond donors (Lipinski definition) is 2. The highest BCUT2D eigenvalue weighted by atomic mass is 35.5. The number of hydrogen-bond acceptors (Lipinski definition) is 3. The van der Waals surface area contributed by atoms with E-state index < -0.39 is 0 Å². The Morgan fingerprint density at radius 3 is 2.46 bits per heavy atom. The number of aliphatic imine (C=N–C) groups is 1. The van der Waals surface area contributed by atoms with Crippen LogP contribution in [-0.4, -0.2) is 56.8 Å². The molecule has 5 nitrogen and oxygen atoms in total. The first kappa shape index (κ1) is 21.0. The topological polar surface area (TPSA) is 48.9 Å². The molecule has 0 saturated carbocycles. The number of nitrogens with zero attached hydrogens (tertiary/aromatic N) is 2. The Kier molecular flexibility index (Phi) is 8.19. The van der Waals surface area contributed by atoms with Gasteiger partial charge < -0.3 is 15.4 Å². The van der Waals surface area contributed by atoms with E-state index in [9.17, 15) is 0 Å². The summed E-state index contributed by atoms with van der Waals surface area (Å²) in [4.78, 5) is 7.18. The number of benzene rings is 1. The quantitative estimate of drug-likeness (QED) is 0.509. The molecule has 0 aliphatic carbocycles. The van der Waals surface area contributed by atoms with Crippen molar-refractivity contribution < 1.29 is 4.74 Å².